The number of nitrogens with one attached hydrogen (secondary N) is 2. The van der Waals surface area contributed by atoms with Gasteiger partial charge in [0, 0.05) is 11.8 Å². The van der Waals surface area contributed by atoms with Gasteiger partial charge >= 0.3 is 0 Å². The lowest BCUT2D eigenvalue weighted by Gasteiger charge is -2.09. The topological polar surface area (TPSA) is 116 Å². The van der Waals surface area contributed by atoms with Crippen molar-refractivity contribution in [2.45, 2.75) is 18.7 Å². The average molecular weight is 336 g/mol. The van der Waals surface area contributed by atoms with Crippen LogP contribution >= 0.6 is 0 Å². The van der Waals surface area contributed by atoms with Crippen LogP contribution in [-0.2, 0) is 9.84 Å². The zero-order valence-electron chi connectivity index (χ0n) is 12.6. The first-order valence-corrected chi connectivity index (χ1v) is 8.46. The Morgan fingerprint density at radius 1 is 1.26 bits per heavy atom. The first kappa shape index (κ1) is 16.8. The Kier molecular flexibility index (Phi) is 4.55. The minimum atomic E-state index is -3.46. The van der Waals surface area contributed by atoms with E-state index >= 15 is 0 Å². The van der Waals surface area contributed by atoms with Crippen molar-refractivity contribution in [1.29, 1.82) is 0 Å². The lowest BCUT2D eigenvalue weighted by atomic mass is 10.2. The second-order valence-electron chi connectivity index (χ2n) is 4.89. The van der Waals surface area contributed by atoms with Crippen molar-refractivity contribution in [2.24, 2.45) is 0 Å². The number of rotatable bonds is 5. The van der Waals surface area contributed by atoms with E-state index in [-0.39, 0.29) is 33.6 Å². The summed E-state index contributed by atoms with van der Waals surface area (Å²) in [5.74, 6) is -1.14. The molecule has 1 amide bonds. The third-order valence-electron chi connectivity index (χ3n) is 3.29. The number of carbonyl (C=O) groups is 2. The van der Waals surface area contributed by atoms with Crippen LogP contribution in [0.15, 0.2) is 35.4 Å². The third-order valence-corrected chi connectivity index (χ3v) is 5.02. The molecule has 122 valence electrons. The predicted molar refractivity (Wildman–Crippen MR) is 84.6 cm³/mol. The van der Waals surface area contributed by atoms with Crippen LogP contribution in [0.25, 0.3) is 0 Å². The van der Waals surface area contributed by atoms with Crippen LogP contribution in [0.4, 0.5) is 5.69 Å². The van der Waals surface area contributed by atoms with Gasteiger partial charge in [-0.05, 0) is 31.2 Å². The Labute approximate surface area is 133 Å². The number of anilines is 1. The van der Waals surface area contributed by atoms with E-state index in [0.29, 0.717) is 5.56 Å². The fourth-order valence-electron chi connectivity index (χ4n) is 1.89. The van der Waals surface area contributed by atoms with Gasteiger partial charge in [0.15, 0.2) is 15.6 Å². The zero-order valence-corrected chi connectivity index (χ0v) is 13.4. The number of phenolic OH excluding ortho intramolecular Hbond substituents is 1. The molecule has 0 radical (unpaired) electrons. The third kappa shape index (κ3) is 3.59. The van der Waals surface area contributed by atoms with E-state index < -0.39 is 15.7 Å². The molecule has 3 N–H and O–H groups in total. The first-order valence-electron chi connectivity index (χ1n) is 6.81. The Morgan fingerprint density at radius 2 is 1.96 bits per heavy atom. The number of sulfone groups is 1. The molecule has 1 heterocycles. The number of hydrogen-bond donors (Lipinski definition) is 3. The molecule has 0 bridgehead atoms. The van der Waals surface area contributed by atoms with Gasteiger partial charge < -0.3 is 15.4 Å². The highest BCUT2D eigenvalue weighted by Gasteiger charge is 2.17. The highest BCUT2D eigenvalue weighted by atomic mass is 32.2. The molecule has 0 aliphatic carbocycles. The number of aromatic nitrogens is 1. The highest BCUT2D eigenvalue weighted by molar-refractivity contribution is 7.91. The minimum Gasteiger partial charge on any atom is -0.506 e. The fourth-order valence-corrected chi connectivity index (χ4v) is 2.80. The van der Waals surface area contributed by atoms with Crippen molar-refractivity contribution in [3.05, 3.63) is 41.7 Å². The zero-order chi connectivity index (χ0) is 17.2. The van der Waals surface area contributed by atoms with Crippen LogP contribution in [0, 0.1) is 0 Å². The number of phenols is 1. The van der Waals surface area contributed by atoms with E-state index in [1.54, 1.807) is 0 Å². The normalized spacial score (nSPS) is 11.2. The van der Waals surface area contributed by atoms with E-state index in [1.807, 2.05) is 0 Å². The average Bonchev–Trinajstić information content (AvgIpc) is 2.99. The van der Waals surface area contributed by atoms with Gasteiger partial charge in [0.25, 0.3) is 5.91 Å². The van der Waals surface area contributed by atoms with Crippen molar-refractivity contribution in [2.75, 3.05) is 11.1 Å². The number of benzene rings is 1. The number of hydrogen-bond acceptors (Lipinski definition) is 5. The van der Waals surface area contributed by atoms with Gasteiger partial charge in [-0.3, -0.25) is 9.59 Å². The van der Waals surface area contributed by atoms with Gasteiger partial charge in [-0.15, -0.1) is 0 Å². The smallest absolute Gasteiger partial charge is 0.272 e. The molecule has 7 nitrogen and oxygen atoms in total. The molecule has 2 aromatic rings. The molecule has 0 fully saturated rings. The lowest BCUT2D eigenvalue weighted by Crippen LogP contribution is -2.13. The molecular weight excluding hydrogens is 320 g/mol. The second-order valence-corrected chi connectivity index (χ2v) is 7.17. The van der Waals surface area contributed by atoms with Crippen molar-refractivity contribution >= 4 is 27.2 Å². The highest BCUT2D eigenvalue weighted by Crippen LogP contribution is 2.27. The fraction of sp³-hybridized carbons (Fsp3) is 0.200. The molecule has 0 saturated carbocycles. The first-order chi connectivity index (χ1) is 10.7. The SMILES string of the molecule is CCS(=O)(=O)c1ccc(O)c(NC(=O)c2cc(C(C)=O)c[nH]2)c1. The van der Waals surface area contributed by atoms with E-state index in [9.17, 15) is 23.1 Å². The minimum absolute atomic E-state index is 0.00371. The summed E-state index contributed by atoms with van der Waals surface area (Å²) in [6, 6.07) is 5.04. The van der Waals surface area contributed by atoms with Crippen molar-refractivity contribution in [1.82, 2.24) is 4.98 Å². The number of aromatic amines is 1. The summed E-state index contributed by atoms with van der Waals surface area (Å²) in [4.78, 5) is 26.0. The van der Waals surface area contributed by atoms with E-state index in [0.717, 1.165) is 0 Å². The van der Waals surface area contributed by atoms with Crippen molar-refractivity contribution in [3.63, 3.8) is 0 Å². The molecule has 0 aliphatic rings. The molecule has 1 aromatic heterocycles. The van der Waals surface area contributed by atoms with Gasteiger partial charge in [-0.25, -0.2) is 8.42 Å². The Morgan fingerprint density at radius 3 is 2.52 bits per heavy atom. The van der Waals surface area contributed by atoms with Crippen molar-refractivity contribution < 1.29 is 23.1 Å². The standard InChI is InChI=1S/C15H16N2O5S/c1-3-23(21,22)11-4-5-14(19)12(7-11)17-15(20)13-6-10(8-16-13)9(2)18/h4-8,16,19H,3H2,1-2H3,(H,17,20). The van der Waals surface area contributed by atoms with E-state index in [1.165, 1.54) is 44.3 Å². The largest absolute Gasteiger partial charge is 0.506 e. The van der Waals surface area contributed by atoms with Crippen LogP contribution in [-0.4, -0.2) is 36.0 Å². The molecular formula is C15H16N2O5S. The number of Topliss-reactive ketones (excluding diaryl/α,β-unsaturated/α-hetero) is 1. The number of ketones is 1. The molecule has 0 atom stereocenters. The summed E-state index contributed by atoms with van der Waals surface area (Å²) in [5, 5.41) is 12.2. The van der Waals surface area contributed by atoms with Gasteiger partial charge in [-0.2, -0.15) is 0 Å². The number of H-pyrrole nitrogens is 1. The summed E-state index contributed by atoms with van der Waals surface area (Å²) in [7, 11) is -3.46. The lowest BCUT2D eigenvalue weighted by molar-refractivity contribution is 0.101. The molecule has 0 spiro atoms. The van der Waals surface area contributed by atoms with Crippen molar-refractivity contribution in [3.8, 4) is 5.75 Å². The van der Waals surface area contributed by atoms with Gasteiger partial charge in [0.2, 0.25) is 0 Å². The number of aromatic hydroxyl groups is 1. The quantitative estimate of drug-likeness (QED) is 0.570. The van der Waals surface area contributed by atoms with Gasteiger partial charge in [-0.1, -0.05) is 6.92 Å². The predicted octanol–water partition coefficient (Wildman–Crippen LogP) is 1.97. The molecule has 2 rings (SSSR count). The summed E-state index contributed by atoms with van der Waals surface area (Å²) < 4.78 is 23.7. The van der Waals surface area contributed by atoms with Crippen LogP contribution < -0.4 is 5.32 Å². The molecule has 0 aliphatic heterocycles. The van der Waals surface area contributed by atoms with Crippen LogP contribution in [0.1, 0.15) is 34.7 Å². The van der Waals surface area contributed by atoms with Crippen LogP contribution in [0.3, 0.4) is 0 Å². The van der Waals surface area contributed by atoms with Crippen LogP contribution in [0.5, 0.6) is 5.75 Å². The second kappa shape index (κ2) is 6.25. The van der Waals surface area contributed by atoms with E-state index in [2.05, 4.69) is 10.3 Å². The number of amides is 1. The maximum absolute atomic E-state index is 12.1. The Balaban J connectivity index is 2.30. The van der Waals surface area contributed by atoms with E-state index in [4.69, 9.17) is 0 Å². The summed E-state index contributed by atoms with van der Waals surface area (Å²) in [6.07, 6.45) is 1.40. The summed E-state index contributed by atoms with van der Waals surface area (Å²) >= 11 is 0. The maximum atomic E-state index is 12.1. The molecule has 23 heavy (non-hydrogen) atoms. The van der Waals surface area contributed by atoms with Crippen LogP contribution in [0.2, 0.25) is 0 Å². The summed E-state index contributed by atoms with van der Waals surface area (Å²) in [6.45, 7) is 2.87. The number of carbonyl (C=O) groups excluding carboxylic acids is 2. The monoisotopic (exact) mass is 336 g/mol. The Hall–Kier alpha value is -2.61. The maximum Gasteiger partial charge on any atom is 0.272 e. The van der Waals surface area contributed by atoms with Gasteiger partial charge in [0.1, 0.15) is 11.4 Å². The summed E-state index contributed by atoms with van der Waals surface area (Å²) in [5.41, 5.74) is 0.448. The molecule has 1 aromatic carbocycles. The molecule has 0 saturated heterocycles. The Bertz CT molecular complexity index is 868. The molecule has 0 unspecified atom stereocenters. The molecule has 8 heteroatoms. The van der Waals surface area contributed by atoms with Gasteiger partial charge in [0.05, 0.1) is 16.3 Å².